The van der Waals surface area contributed by atoms with Crippen molar-refractivity contribution in [3.05, 3.63) is 94.5 Å². The molecule has 0 aliphatic heterocycles. The Morgan fingerprint density at radius 2 is 1.47 bits per heavy atom. The number of anilines is 1. The maximum Gasteiger partial charge on any atom is 0.264 e. The first-order chi connectivity index (χ1) is 17.0. The van der Waals surface area contributed by atoms with Gasteiger partial charge < -0.3 is 10.2 Å². The maximum atomic E-state index is 13.7. The smallest absolute Gasteiger partial charge is 0.264 e. The van der Waals surface area contributed by atoms with E-state index >= 15 is 0 Å². The van der Waals surface area contributed by atoms with E-state index in [1.165, 1.54) is 24.1 Å². The molecular formula is C27H30ClN3O4S. The summed E-state index contributed by atoms with van der Waals surface area (Å²) >= 11 is 6.39. The second-order valence-corrected chi connectivity index (χ2v) is 10.8. The average molecular weight is 528 g/mol. The molecule has 9 heteroatoms. The number of carbonyl (C=O) groups is 2. The van der Waals surface area contributed by atoms with Gasteiger partial charge in [0, 0.05) is 13.6 Å². The molecule has 0 spiro atoms. The van der Waals surface area contributed by atoms with Crippen LogP contribution in [0.5, 0.6) is 0 Å². The summed E-state index contributed by atoms with van der Waals surface area (Å²) in [4.78, 5) is 27.6. The predicted octanol–water partition coefficient (Wildman–Crippen LogP) is 4.32. The van der Waals surface area contributed by atoms with Crippen molar-refractivity contribution in [3.63, 3.8) is 0 Å². The van der Waals surface area contributed by atoms with Crippen LogP contribution in [0.25, 0.3) is 0 Å². The molecule has 2 amide bonds. The summed E-state index contributed by atoms with van der Waals surface area (Å²) in [6.07, 6.45) is 0. The molecule has 0 saturated carbocycles. The number of benzene rings is 3. The predicted molar refractivity (Wildman–Crippen MR) is 142 cm³/mol. The van der Waals surface area contributed by atoms with Gasteiger partial charge in [0.15, 0.2) is 0 Å². The van der Waals surface area contributed by atoms with Crippen LogP contribution in [0.4, 0.5) is 5.69 Å². The topological polar surface area (TPSA) is 86.8 Å². The molecule has 3 aromatic carbocycles. The summed E-state index contributed by atoms with van der Waals surface area (Å²) in [6, 6.07) is 19.6. The summed E-state index contributed by atoms with van der Waals surface area (Å²) in [5, 5.41) is 2.75. The van der Waals surface area contributed by atoms with Crippen molar-refractivity contribution in [1.29, 1.82) is 0 Å². The number of rotatable bonds is 9. The van der Waals surface area contributed by atoms with Gasteiger partial charge in [-0.05, 0) is 50.6 Å². The molecule has 0 fully saturated rings. The molecule has 7 nitrogen and oxygen atoms in total. The molecule has 0 aliphatic rings. The number of amides is 2. The minimum Gasteiger partial charge on any atom is -0.357 e. The Balaban J connectivity index is 2.04. The summed E-state index contributed by atoms with van der Waals surface area (Å²) in [5.74, 6) is -0.900. The van der Waals surface area contributed by atoms with E-state index in [1.807, 2.05) is 38.1 Å². The lowest BCUT2D eigenvalue weighted by Gasteiger charge is -2.32. The molecule has 0 unspecified atom stereocenters. The number of aryl methyl sites for hydroxylation is 2. The van der Waals surface area contributed by atoms with Crippen LogP contribution in [0.15, 0.2) is 77.7 Å². The third-order valence-corrected chi connectivity index (χ3v) is 7.99. The molecule has 1 N–H and O–H groups in total. The number of hydrogen-bond acceptors (Lipinski definition) is 4. The van der Waals surface area contributed by atoms with Crippen LogP contribution in [0.3, 0.4) is 0 Å². The van der Waals surface area contributed by atoms with Crippen molar-refractivity contribution in [2.24, 2.45) is 0 Å². The van der Waals surface area contributed by atoms with Gasteiger partial charge in [0.1, 0.15) is 12.6 Å². The second kappa shape index (κ2) is 11.6. The van der Waals surface area contributed by atoms with Crippen LogP contribution in [0.1, 0.15) is 23.6 Å². The Labute approximate surface area is 217 Å². The second-order valence-electron chi connectivity index (χ2n) is 8.57. The van der Waals surface area contributed by atoms with E-state index in [9.17, 15) is 18.0 Å². The number of sulfonamides is 1. The van der Waals surface area contributed by atoms with Gasteiger partial charge in [-0.25, -0.2) is 8.42 Å². The van der Waals surface area contributed by atoms with Crippen molar-refractivity contribution in [3.8, 4) is 0 Å². The molecule has 0 aromatic heterocycles. The minimum atomic E-state index is -4.15. The SMILES string of the molecule is CNC(=O)[C@H](C)N(Cc1ccc(C)cc1)C(=O)CN(c1ccccc1Cl)S(=O)(=O)c1ccc(C)cc1. The van der Waals surface area contributed by atoms with Gasteiger partial charge in [0.25, 0.3) is 10.0 Å². The lowest BCUT2D eigenvalue weighted by atomic mass is 10.1. The molecule has 0 aliphatic carbocycles. The summed E-state index contributed by atoms with van der Waals surface area (Å²) < 4.78 is 28.5. The highest BCUT2D eigenvalue weighted by Crippen LogP contribution is 2.30. The van der Waals surface area contributed by atoms with E-state index in [0.717, 1.165) is 21.0 Å². The lowest BCUT2D eigenvalue weighted by Crippen LogP contribution is -2.50. The average Bonchev–Trinajstić information content (AvgIpc) is 2.86. The largest absolute Gasteiger partial charge is 0.357 e. The summed E-state index contributed by atoms with van der Waals surface area (Å²) in [5.41, 5.74) is 2.95. The normalized spacial score (nSPS) is 12.0. The van der Waals surface area contributed by atoms with Crippen molar-refractivity contribution in [1.82, 2.24) is 10.2 Å². The fraction of sp³-hybridized carbons (Fsp3) is 0.259. The highest BCUT2D eigenvalue weighted by molar-refractivity contribution is 7.92. The highest BCUT2D eigenvalue weighted by Gasteiger charge is 2.33. The molecule has 3 aromatic rings. The standard InChI is InChI=1S/C27H30ClN3O4S/c1-19-9-13-22(14-10-19)17-30(21(3)27(33)29-4)26(32)18-31(25-8-6-5-7-24(25)28)36(34,35)23-15-11-20(2)12-16-23/h5-16,21H,17-18H2,1-4H3,(H,29,33)/t21-/m0/s1. The summed E-state index contributed by atoms with van der Waals surface area (Å²) in [6.45, 7) is 5.02. The molecular weight excluding hydrogens is 498 g/mol. The fourth-order valence-electron chi connectivity index (χ4n) is 3.69. The zero-order valence-electron chi connectivity index (χ0n) is 20.7. The van der Waals surface area contributed by atoms with Crippen LogP contribution in [0, 0.1) is 13.8 Å². The van der Waals surface area contributed by atoms with Crippen LogP contribution < -0.4 is 9.62 Å². The molecule has 3 rings (SSSR count). The van der Waals surface area contributed by atoms with Crippen LogP contribution in [0.2, 0.25) is 5.02 Å². The first kappa shape index (κ1) is 27.2. The number of likely N-dealkylation sites (N-methyl/N-ethyl adjacent to an activating group) is 1. The van der Waals surface area contributed by atoms with E-state index in [-0.39, 0.29) is 28.1 Å². The number of nitrogens with one attached hydrogen (secondary N) is 1. The number of nitrogens with zero attached hydrogens (tertiary/aromatic N) is 2. The van der Waals surface area contributed by atoms with Crippen molar-refractivity contribution >= 4 is 39.1 Å². The van der Waals surface area contributed by atoms with Gasteiger partial charge in [-0.1, -0.05) is 71.3 Å². The van der Waals surface area contributed by atoms with E-state index in [2.05, 4.69) is 5.32 Å². The fourth-order valence-corrected chi connectivity index (χ4v) is 5.41. The lowest BCUT2D eigenvalue weighted by molar-refractivity contribution is -0.139. The molecule has 0 radical (unpaired) electrons. The van der Waals surface area contributed by atoms with E-state index in [0.29, 0.717) is 0 Å². The molecule has 0 heterocycles. The van der Waals surface area contributed by atoms with Crippen LogP contribution in [-0.4, -0.2) is 44.8 Å². The number of para-hydroxylation sites is 1. The quantitative estimate of drug-likeness (QED) is 0.449. The van der Waals surface area contributed by atoms with Crippen LogP contribution >= 0.6 is 11.6 Å². The highest BCUT2D eigenvalue weighted by atomic mass is 35.5. The zero-order valence-corrected chi connectivity index (χ0v) is 22.3. The van der Waals surface area contributed by atoms with Crippen LogP contribution in [-0.2, 0) is 26.2 Å². The third kappa shape index (κ3) is 6.25. The first-order valence-electron chi connectivity index (χ1n) is 11.4. The van der Waals surface area contributed by atoms with Crippen molar-refractivity contribution in [2.45, 2.75) is 38.3 Å². The molecule has 0 bridgehead atoms. The Hall–Kier alpha value is -3.36. The van der Waals surface area contributed by atoms with Gasteiger partial charge in [0.05, 0.1) is 15.6 Å². The molecule has 1 atom stereocenters. The summed E-state index contributed by atoms with van der Waals surface area (Å²) in [7, 11) is -2.66. The van der Waals surface area contributed by atoms with E-state index in [1.54, 1.807) is 43.3 Å². The Kier molecular flexibility index (Phi) is 8.76. The molecule has 36 heavy (non-hydrogen) atoms. The Morgan fingerprint density at radius 3 is 2.03 bits per heavy atom. The number of halogens is 1. The minimum absolute atomic E-state index is 0.0326. The van der Waals surface area contributed by atoms with E-state index in [4.69, 9.17) is 11.6 Å². The Morgan fingerprint density at radius 1 is 0.917 bits per heavy atom. The van der Waals surface area contributed by atoms with Crippen molar-refractivity contribution in [2.75, 3.05) is 17.9 Å². The zero-order chi connectivity index (χ0) is 26.5. The Bertz CT molecular complexity index is 1330. The monoisotopic (exact) mass is 527 g/mol. The van der Waals surface area contributed by atoms with Gasteiger partial charge in [-0.3, -0.25) is 13.9 Å². The van der Waals surface area contributed by atoms with Gasteiger partial charge in [-0.15, -0.1) is 0 Å². The molecule has 190 valence electrons. The number of hydrogen-bond donors (Lipinski definition) is 1. The van der Waals surface area contributed by atoms with E-state index < -0.39 is 28.5 Å². The first-order valence-corrected chi connectivity index (χ1v) is 13.3. The van der Waals surface area contributed by atoms with Crippen molar-refractivity contribution < 1.29 is 18.0 Å². The third-order valence-electron chi connectivity index (χ3n) is 5.90. The van der Waals surface area contributed by atoms with Gasteiger partial charge in [-0.2, -0.15) is 0 Å². The number of carbonyl (C=O) groups excluding carboxylic acids is 2. The van der Waals surface area contributed by atoms with Gasteiger partial charge >= 0.3 is 0 Å². The van der Waals surface area contributed by atoms with Gasteiger partial charge in [0.2, 0.25) is 11.8 Å². The maximum absolute atomic E-state index is 13.7. The molecule has 0 saturated heterocycles.